The van der Waals surface area contributed by atoms with E-state index in [-0.39, 0.29) is 18.4 Å². The molecule has 1 N–H and O–H groups in total. The summed E-state index contributed by atoms with van der Waals surface area (Å²) in [6, 6.07) is 0.290. The molecule has 5 heteroatoms. The first-order valence-corrected chi connectivity index (χ1v) is 7.48. The summed E-state index contributed by atoms with van der Waals surface area (Å²) in [6.45, 7) is 4.08. The van der Waals surface area contributed by atoms with E-state index in [1.807, 2.05) is 20.9 Å². The molecule has 1 aliphatic carbocycles. The van der Waals surface area contributed by atoms with Gasteiger partial charge in [-0.3, -0.25) is 0 Å². The molecule has 0 bridgehead atoms. The van der Waals surface area contributed by atoms with Crippen molar-refractivity contribution < 1.29 is 17.9 Å². The summed E-state index contributed by atoms with van der Waals surface area (Å²) in [5.74, 6) is -0.738. The van der Waals surface area contributed by atoms with Gasteiger partial charge in [0.05, 0.1) is 11.5 Å². The van der Waals surface area contributed by atoms with E-state index in [2.05, 4.69) is 5.32 Å². The number of alkyl halides is 3. The van der Waals surface area contributed by atoms with E-state index in [0.717, 1.165) is 12.8 Å². The molecule has 0 aromatic rings. The van der Waals surface area contributed by atoms with Crippen molar-refractivity contribution in [2.75, 3.05) is 14.2 Å². The fourth-order valence-electron chi connectivity index (χ4n) is 3.07. The summed E-state index contributed by atoms with van der Waals surface area (Å²) in [6.07, 6.45) is -0.267. The fourth-order valence-corrected chi connectivity index (χ4v) is 3.07. The molecule has 0 saturated heterocycles. The van der Waals surface area contributed by atoms with Gasteiger partial charge in [0, 0.05) is 13.2 Å². The molecular weight excluding hydrogens is 267 g/mol. The summed E-state index contributed by atoms with van der Waals surface area (Å²) in [4.78, 5) is 0. The second-order valence-electron chi connectivity index (χ2n) is 6.55. The average Bonchev–Trinajstić information content (AvgIpc) is 2.39. The van der Waals surface area contributed by atoms with Crippen molar-refractivity contribution in [3.63, 3.8) is 0 Å². The zero-order valence-corrected chi connectivity index (χ0v) is 13.0. The molecule has 120 valence electrons. The van der Waals surface area contributed by atoms with Crippen molar-refractivity contribution in [1.29, 1.82) is 0 Å². The predicted octanol–water partition coefficient (Wildman–Crippen LogP) is 4.15. The molecule has 2 nitrogen and oxygen atoms in total. The fraction of sp³-hybridized carbons (Fsp3) is 1.00. The Bertz CT molecular complexity index is 283. The standard InChI is InChI=1S/C15H28F3NO/c1-14(2,20-4)10-9-13(19-3)11-5-7-12(8-6-11)15(16,17)18/h11-13,19H,5-10H2,1-4H3. The maximum Gasteiger partial charge on any atom is 0.391 e. The van der Waals surface area contributed by atoms with Crippen LogP contribution in [0.15, 0.2) is 0 Å². The van der Waals surface area contributed by atoms with E-state index < -0.39 is 12.1 Å². The van der Waals surface area contributed by atoms with Gasteiger partial charge in [-0.15, -0.1) is 0 Å². The molecule has 0 aromatic carbocycles. The molecular formula is C15H28F3NO. The first-order valence-electron chi connectivity index (χ1n) is 7.48. The van der Waals surface area contributed by atoms with E-state index in [1.54, 1.807) is 7.11 Å². The Morgan fingerprint density at radius 2 is 1.70 bits per heavy atom. The van der Waals surface area contributed by atoms with Crippen LogP contribution in [0.1, 0.15) is 52.4 Å². The number of rotatable bonds is 6. The zero-order valence-electron chi connectivity index (χ0n) is 13.0. The largest absolute Gasteiger partial charge is 0.391 e. The Morgan fingerprint density at radius 3 is 2.10 bits per heavy atom. The molecule has 0 aliphatic heterocycles. The van der Waals surface area contributed by atoms with E-state index in [0.29, 0.717) is 24.8 Å². The Morgan fingerprint density at radius 1 is 1.15 bits per heavy atom. The monoisotopic (exact) mass is 295 g/mol. The first kappa shape index (κ1) is 17.8. The summed E-state index contributed by atoms with van der Waals surface area (Å²) in [5, 5.41) is 3.29. The van der Waals surface area contributed by atoms with E-state index in [4.69, 9.17) is 4.74 Å². The van der Waals surface area contributed by atoms with Crippen LogP contribution in [-0.2, 0) is 4.74 Å². The van der Waals surface area contributed by atoms with Gasteiger partial charge in [-0.1, -0.05) is 0 Å². The van der Waals surface area contributed by atoms with Crippen LogP contribution in [0.25, 0.3) is 0 Å². The van der Waals surface area contributed by atoms with Crippen molar-refractivity contribution in [2.24, 2.45) is 11.8 Å². The topological polar surface area (TPSA) is 21.3 Å². The van der Waals surface area contributed by atoms with Gasteiger partial charge in [0.15, 0.2) is 0 Å². The maximum atomic E-state index is 12.7. The van der Waals surface area contributed by atoms with Crippen LogP contribution < -0.4 is 5.32 Å². The number of methoxy groups -OCH3 is 1. The van der Waals surface area contributed by atoms with Crippen molar-refractivity contribution in [3.8, 4) is 0 Å². The third-order valence-electron chi connectivity index (χ3n) is 4.78. The van der Waals surface area contributed by atoms with Crippen LogP contribution in [0.5, 0.6) is 0 Å². The lowest BCUT2D eigenvalue weighted by Gasteiger charge is -2.35. The van der Waals surface area contributed by atoms with Gasteiger partial charge in [0.25, 0.3) is 0 Å². The maximum absolute atomic E-state index is 12.7. The number of halogens is 3. The van der Waals surface area contributed by atoms with Gasteiger partial charge >= 0.3 is 6.18 Å². The molecule has 20 heavy (non-hydrogen) atoms. The van der Waals surface area contributed by atoms with Crippen molar-refractivity contribution in [2.45, 2.75) is 70.2 Å². The van der Waals surface area contributed by atoms with Gasteiger partial charge in [0.1, 0.15) is 0 Å². The summed E-state index contributed by atoms with van der Waals surface area (Å²) < 4.78 is 43.4. The third-order valence-corrected chi connectivity index (χ3v) is 4.78. The highest BCUT2D eigenvalue weighted by Crippen LogP contribution is 2.41. The highest BCUT2D eigenvalue weighted by atomic mass is 19.4. The van der Waals surface area contributed by atoms with Gasteiger partial charge in [0.2, 0.25) is 0 Å². The Kier molecular flexibility index (Phi) is 6.32. The molecule has 1 atom stereocenters. The molecule has 1 fully saturated rings. The minimum atomic E-state index is -4.02. The third kappa shape index (κ3) is 5.24. The number of nitrogens with one attached hydrogen (secondary N) is 1. The lowest BCUT2D eigenvalue weighted by Crippen LogP contribution is -2.39. The second kappa shape index (κ2) is 7.12. The molecule has 0 amide bonds. The van der Waals surface area contributed by atoms with Gasteiger partial charge in [-0.2, -0.15) is 13.2 Å². The van der Waals surface area contributed by atoms with Crippen LogP contribution in [0.4, 0.5) is 13.2 Å². The molecule has 1 unspecified atom stereocenters. The molecule has 0 radical (unpaired) electrons. The number of hydrogen-bond acceptors (Lipinski definition) is 2. The van der Waals surface area contributed by atoms with E-state index in [1.165, 1.54) is 0 Å². The van der Waals surface area contributed by atoms with E-state index in [9.17, 15) is 13.2 Å². The van der Waals surface area contributed by atoms with Crippen LogP contribution in [0.2, 0.25) is 0 Å². The van der Waals surface area contributed by atoms with Gasteiger partial charge in [-0.25, -0.2) is 0 Å². The van der Waals surface area contributed by atoms with Crippen LogP contribution >= 0.6 is 0 Å². The molecule has 1 rings (SSSR count). The predicted molar refractivity (Wildman–Crippen MR) is 74.7 cm³/mol. The highest BCUT2D eigenvalue weighted by molar-refractivity contribution is 4.85. The SMILES string of the molecule is CNC(CCC(C)(C)OC)C1CCC(C(F)(F)F)CC1. The molecule has 0 heterocycles. The minimum absolute atomic E-state index is 0.168. The van der Waals surface area contributed by atoms with Crippen LogP contribution in [-0.4, -0.2) is 32.0 Å². The normalized spacial score (nSPS) is 26.6. The first-order chi connectivity index (χ1) is 9.19. The Balaban J connectivity index is 2.45. The lowest BCUT2D eigenvalue weighted by molar-refractivity contribution is -0.184. The molecule has 1 saturated carbocycles. The number of hydrogen-bond donors (Lipinski definition) is 1. The Labute approximate surface area is 120 Å². The average molecular weight is 295 g/mol. The summed E-state index contributed by atoms with van der Waals surface area (Å²) >= 11 is 0. The van der Waals surface area contributed by atoms with Crippen molar-refractivity contribution in [1.82, 2.24) is 5.32 Å². The molecule has 0 aromatic heterocycles. The van der Waals surface area contributed by atoms with Gasteiger partial charge < -0.3 is 10.1 Å². The minimum Gasteiger partial charge on any atom is -0.379 e. The van der Waals surface area contributed by atoms with Crippen molar-refractivity contribution in [3.05, 3.63) is 0 Å². The quantitative estimate of drug-likeness (QED) is 0.795. The summed E-state index contributed by atoms with van der Waals surface area (Å²) in [7, 11) is 3.60. The zero-order chi connectivity index (χ0) is 15.4. The van der Waals surface area contributed by atoms with Crippen LogP contribution in [0.3, 0.4) is 0 Å². The molecule has 0 spiro atoms. The highest BCUT2D eigenvalue weighted by Gasteiger charge is 2.42. The van der Waals surface area contributed by atoms with Crippen LogP contribution in [0, 0.1) is 11.8 Å². The number of ether oxygens (including phenoxy) is 1. The lowest BCUT2D eigenvalue weighted by atomic mass is 9.76. The smallest absolute Gasteiger partial charge is 0.379 e. The Hall–Kier alpha value is -0.290. The van der Waals surface area contributed by atoms with E-state index >= 15 is 0 Å². The van der Waals surface area contributed by atoms with Crippen molar-refractivity contribution >= 4 is 0 Å². The summed E-state index contributed by atoms with van der Waals surface area (Å²) in [5.41, 5.74) is -0.168. The molecule has 1 aliphatic rings. The van der Waals surface area contributed by atoms with Gasteiger partial charge in [-0.05, 0) is 65.3 Å². The second-order valence-corrected chi connectivity index (χ2v) is 6.55.